The third kappa shape index (κ3) is 4.69. The second-order valence-electron chi connectivity index (χ2n) is 7.53. The van der Waals surface area contributed by atoms with Gasteiger partial charge in [0.25, 0.3) is 10.0 Å². The summed E-state index contributed by atoms with van der Waals surface area (Å²) in [4.78, 5) is 0.0900. The smallest absolute Gasteiger partial charge is 0.265 e. The van der Waals surface area contributed by atoms with Crippen molar-refractivity contribution in [3.05, 3.63) is 121 Å². The van der Waals surface area contributed by atoms with Gasteiger partial charge < -0.3 is 4.74 Å². The molecule has 0 aliphatic rings. The Morgan fingerprint density at radius 3 is 1.88 bits per heavy atom. The van der Waals surface area contributed by atoms with Crippen molar-refractivity contribution in [2.75, 3.05) is 4.72 Å². The molecule has 5 rings (SSSR count). The number of benzene rings is 4. The maximum Gasteiger partial charge on any atom is 0.265 e. The lowest BCUT2D eigenvalue weighted by atomic mass is 10.2. The highest BCUT2D eigenvalue weighted by Crippen LogP contribution is 2.29. The van der Waals surface area contributed by atoms with E-state index < -0.39 is 10.0 Å². The minimum Gasteiger partial charge on any atom is -0.457 e. The Hall–Kier alpha value is -4.36. The van der Waals surface area contributed by atoms with E-state index in [2.05, 4.69) is 9.82 Å². The molecular weight excluding hydrogens is 446 g/mol. The van der Waals surface area contributed by atoms with Gasteiger partial charge in [-0.2, -0.15) is 5.10 Å². The van der Waals surface area contributed by atoms with Crippen molar-refractivity contribution < 1.29 is 13.2 Å². The molecule has 1 heterocycles. The maximum atomic E-state index is 13.4. The van der Waals surface area contributed by atoms with Gasteiger partial charge in [0.2, 0.25) is 0 Å². The maximum absolute atomic E-state index is 13.4. The third-order valence-corrected chi connectivity index (χ3v) is 6.51. The van der Waals surface area contributed by atoms with Gasteiger partial charge in [-0.05, 0) is 48.5 Å². The van der Waals surface area contributed by atoms with Crippen LogP contribution in [0.2, 0.25) is 0 Å². The van der Waals surface area contributed by atoms with Crippen LogP contribution in [-0.4, -0.2) is 18.2 Å². The number of anilines is 1. The standard InChI is InChI=1S/C27H21N3O3S/c31-34(32,29-22-16-18-25(19-17-22)33-24-14-8-3-9-15-24)26-20-30(23-12-6-2-7-13-23)28-27(26)21-10-4-1-5-11-21/h1-20,29H. The van der Waals surface area contributed by atoms with Gasteiger partial charge in [0.15, 0.2) is 0 Å². The van der Waals surface area contributed by atoms with Crippen LogP contribution >= 0.6 is 0 Å². The zero-order valence-electron chi connectivity index (χ0n) is 18.1. The molecule has 0 bridgehead atoms. The van der Waals surface area contributed by atoms with Gasteiger partial charge in [-0.3, -0.25) is 4.72 Å². The lowest BCUT2D eigenvalue weighted by Gasteiger charge is -2.10. The molecule has 0 radical (unpaired) electrons. The molecule has 7 heteroatoms. The topological polar surface area (TPSA) is 73.2 Å². The Kier molecular flexibility index (Phi) is 5.84. The molecule has 0 spiro atoms. The fourth-order valence-electron chi connectivity index (χ4n) is 3.49. The van der Waals surface area contributed by atoms with Gasteiger partial charge in [-0.1, -0.05) is 66.7 Å². The molecular formula is C27H21N3O3S. The summed E-state index contributed by atoms with van der Waals surface area (Å²) >= 11 is 0. The molecule has 6 nitrogen and oxygen atoms in total. The van der Waals surface area contributed by atoms with E-state index in [0.29, 0.717) is 28.4 Å². The summed E-state index contributed by atoms with van der Waals surface area (Å²) in [6.45, 7) is 0. The SMILES string of the molecule is O=S(=O)(Nc1ccc(Oc2ccccc2)cc1)c1cn(-c2ccccc2)nc1-c1ccccc1. The van der Waals surface area contributed by atoms with Crippen molar-refractivity contribution in [1.29, 1.82) is 0 Å². The Labute approximate surface area is 198 Å². The van der Waals surface area contributed by atoms with Crippen LogP contribution < -0.4 is 9.46 Å². The molecule has 4 aromatic carbocycles. The summed E-state index contributed by atoms with van der Waals surface area (Å²) < 4.78 is 36.9. The van der Waals surface area contributed by atoms with E-state index >= 15 is 0 Å². The normalized spacial score (nSPS) is 11.2. The first kappa shape index (κ1) is 21.5. The fraction of sp³-hybridized carbons (Fsp3) is 0. The molecule has 0 unspecified atom stereocenters. The highest BCUT2D eigenvalue weighted by molar-refractivity contribution is 7.92. The molecule has 0 amide bonds. The Morgan fingerprint density at radius 2 is 1.24 bits per heavy atom. The van der Waals surface area contributed by atoms with E-state index in [0.717, 1.165) is 5.69 Å². The van der Waals surface area contributed by atoms with Crippen molar-refractivity contribution >= 4 is 15.7 Å². The van der Waals surface area contributed by atoms with Crippen molar-refractivity contribution in [2.45, 2.75) is 4.90 Å². The lowest BCUT2D eigenvalue weighted by molar-refractivity contribution is 0.483. The second-order valence-corrected chi connectivity index (χ2v) is 9.18. The predicted octanol–water partition coefficient (Wildman–Crippen LogP) is 6.13. The Bertz CT molecular complexity index is 1480. The van der Waals surface area contributed by atoms with Gasteiger partial charge in [0, 0.05) is 11.3 Å². The molecule has 0 saturated heterocycles. The third-order valence-electron chi connectivity index (χ3n) is 5.12. The van der Waals surface area contributed by atoms with Crippen molar-refractivity contribution in [1.82, 2.24) is 9.78 Å². The van der Waals surface area contributed by atoms with Gasteiger partial charge in [0.1, 0.15) is 22.1 Å². The van der Waals surface area contributed by atoms with E-state index in [-0.39, 0.29) is 4.90 Å². The van der Waals surface area contributed by atoms with Gasteiger partial charge in [-0.25, -0.2) is 13.1 Å². The largest absolute Gasteiger partial charge is 0.457 e. The van der Waals surface area contributed by atoms with E-state index in [9.17, 15) is 8.42 Å². The van der Waals surface area contributed by atoms with Gasteiger partial charge in [-0.15, -0.1) is 0 Å². The van der Waals surface area contributed by atoms with Crippen molar-refractivity contribution in [3.63, 3.8) is 0 Å². The van der Waals surface area contributed by atoms with Crippen LogP contribution in [0.1, 0.15) is 0 Å². The molecule has 1 aromatic heterocycles. The summed E-state index contributed by atoms with van der Waals surface area (Å²) in [6, 6.07) is 34.8. The molecule has 0 atom stereocenters. The van der Waals surface area contributed by atoms with Crippen LogP contribution in [0, 0.1) is 0 Å². The first-order valence-electron chi connectivity index (χ1n) is 10.6. The average Bonchev–Trinajstić information content (AvgIpc) is 3.34. The van der Waals surface area contributed by atoms with Gasteiger partial charge in [0.05, 0.1) is 11.9 Å². The number of rotatable bonds is 7. The van der Waals surface area contributed by atoms with Crippen LogP contribution in [0.15, 0.2) is 126 Å². The summed E-state index contributed by atoms with van der Waals surface area (Å²) in [5.74, 6) is 1.31. The number of ether oxygens (including phenoxy) is 1. The lowest BCUT2D eigenvalue weighted by Crippen LogP contribution is -2.13. The molecule has 0 saturated carbocycles. The van der Waals surface area contributed by atoms with Crippen LogP contribution in [0.25, 0.3) is 16.9 Å². The molecule has 5 aromatic rings. The zero-order valence-corrected chi connectivity index (χ0v) is 18.9. The first-order chi connectivity index (χ1) is 16.6. The molecule has 1 N–H and O–H groups in total. The molecule has 168 valence electrons. The Morgan fingerprint density at radius 1 is 0.676 bits per heavy atom. The second kappa shape index (κ2) is 9.25. The van der Waals surface area contributed by atoms with Gasteiger partial charge >= 0.3 is 0 Å². The highest BCUT2D eigenvalue weighted by Gasteiger charge is 2.24. The number of sulfonamides is 1. The van der Waals surface area contributed by atoms with E-state index in [1.54, 1.807) is 28.9 Å². The van der Waals surface area contributed by atoms with Crippen LogP contribution in [0.3, 0.4) is 0 Å². The molecule has 0 aliphatic carbocycles. The molecule has 0 aliphatic heterocycles. The fourth-order valence-corrected chi connectivity index (χ4v) is 4.70. The number of nitrogens with one attached hydrogen (secondary N) is 1. The quantitative estimate of drug-likeness (QED) is 0.312. The number of hydrogen-bond acceptors (Lipinski definition) is 4. The number of nitrogens with zero attached hydrogens (tertiary/aromatic N) is 2. The zero-order chi connectivity index (χ0) is 23.4. The van der Waals surface area contributed by atoms with Crippen molar-refractivity contribution in [2.24, 2.45) is 0 Å². The number of hydrogen-bond donors (Lipinski definition) is 1. The average molecular weight is 468 g/mol. The van der Waals surface area contributed by atoms with E-state index in [1.807, 2.05) is 91.0 Å². The van der Waals surface area contributed by atoms with E-state index in [1.165, 1.54) is 6.20 Å². The number of aromatic nitrogens is 2. The minimum atomic E-state index is -3.93. The van der Waals surface area contributed by atoms with E-state index in [4.69, 9.17) is 4.74 Å². The molecule has 34 heavy (non-hydrogen) atoms. The number of para-hydroxylation sites is 2. The summed E-state index contributed by atoms with van der Waals surface area (Å²) in [5, 5.41) is 4.60. The van der Waals surface area contributed by atoms with Crippen LogP contribution in [0.5, 0.6) is 11.5 Å². The summed E-state index contributed by atoms with van der Waals surface area (Å²) in [7, 11) is -3.93. The Balaban J connectivity index is 1.46. The molecule has 0 fully saturated rings. The minimum absolute atomic E-state index is 0.0900. The highest BCUT2D eigenvalue weighted by atomic mass is 32.2. The van der Waals surface area contributed by atoms with Crippen LogP contribution in [0.4, 0.5) is 5.69 Å². The van der Waals surface area contributed by atoms with Crippen LogP contribution in [-0.2, 0) is 10.0 Å². The predicted molar refractivity (Wildman–Crippen MR) is 133 cm³/mol. The first-order valence-corrected chi connectivity index (χ1v) is 12.1. The van der Waals surface area contributed by atoms with Crippen molar-refractivity contribution in [3.8, 4) is 28.4 Å². The monoisotopic (exact) mass is 467 g/mol. The summed E-state index contributed by atoms with van der Waals surface area (Å²) in [6.07, 6.45) is 1.53. The summed E-state index contributed by atoms with van der Waals surface area (Å²) in [5.41, 5.74) is 2.28.